The third-order valence-corrected chi connectivity index (χ3v) is 5.81. The van der Waals surface area contributed by atoms with Crippen LogP contribution < -0.4 is 20.8 Å². The molecule has 8 heteroatoms. The normalized spacial score (nSPS) is 30.3. The van der Waals surface area contributed by atoms with Crippen LogP contribution in [0.1, 0.15) is 23.0 Å². The predicted octanol–water partition coefficient (Wildman–Crippen LogP) is -4.35. The van der Waals surface area contributed by atoms with E-state index in [2.05, 4.69) is 0 Å². The first-order valence-corrected chi connectivity index (χ1v) is 9.94. The van der Waals surface area contributed by atoms with E-state index in [-0.39, 0.29) is 11.8 Å². The average Bonchev–Trinajstić information content (AvgIpc) is 3.32. The summed E-state index contributed by atoms with van der Waals surface area (Å²) in [5.41, 5.74) is 1.83. The fraction of sp³-hybridized carbons (Fsp3) is 0.364. The Bertz CT molecular complexity index is 847. The largest absolute Gasteiger partial charge is 0.544 e. The molecule has 0 bridgehead atoms. The first-order valence-electron chi connectivity index (χ1n) is 9.94. The maximum atomic E-state index is 10.9. The minimum absolute atomic E-state index is 0.117. The third-order valence-electron chi connectivity index (χ3n) is 5.81. The highest BCUT2D eigenvalue weighted by molar-refractivity contribution is 5.71. The van der Waals surface area contributed by atoms with E-state index in [1.807, 2.05) is 60.7 Å². The van der Waals surface area contributed by atoms with Crippen molar-refractivity contribution in [2.75, 3.05) is 13.1 Å². The van der Waals surface area contributed by atoms with Crippen LogP contribution >= 0.6 is 0 Å². The molecule has 160 valence electrons. The van der Waals surface area contributed by atoms with Crippen LogP contribution in [0, 0.1) is 0 Å². The lowest BCUT2D eigenvalue weighted by atomic mass is 9.90. The molecule has 0 spiro atoms. The number of aliphatic hydroxyl groups excluding tert-OH is 2. The lowest BCUT2D eigenvalue weighted by Gasteiger charge is -2.19. The van der Waals surface area contributed by atoms with Gasteiger partial charge in [-0.25, -0.2) is 0 Å². The molecule has 6 N–H and O–H groups in total. The zero-order valence-corrected chi connectivity index (χ0v) is 16.3. The van der Waals surface area contributed by atoms with Crippen LogP contribution in [0.4, 0.5) is 0 Å². The van der Waals surface area contributed by atoms with Gasteiger partial charge in [0, 0.05) is 0 Å². The Morgan fingerprint density at radius 3 is 1.77 bits per heavy atom. The van der Waals surface area contributed by atoms with E-state index in [4.69, 9.17) is 0 Å². The Kier molecular flexibility index (Phi) is 7.17. The molecule has 0 aromatic heterocycles. The lowest BCUT2D eigenvalue weighted by Crippen LogP contribution is -2.91. The second-order valence-corrected chi connectivity index (χ2v) is 7.64. The van der Waals surface area contributed by atoms with Crippen LogP contribution in [0.5, 0.6) is 0 Å². The molecule has 2 aromatic carbocycles. The van der Waals surface area contributed by atoms with E-state index in [1.54, 1.807) is 10.6 Å². The van der Waals surface area contributed by atoms with Gasteiger partial charge in [0.1, 0.15) is 30.8 Å². The Hall–Kier alpha value is -2.78. The number of carboxylic acids is 2. The van der Waals surface area contributed by atoms with Gasteiger partial charge in [-0.3, -0.25) is 0 Å². The number of hydrogen-bond donors (Lipinski definition) is 4. The zero-order valence-electron chi connectivity index (χ0n) is 16.3. The van der Waals surface area contributed by atoms with E-state index in [0.29, 0.717) is 13.1 Å². The van der Waals surface area contributed by atoms with E-state index >= 15 is 0 Å². The van der Waals surface area contributed by atoms with Gasteiger partial charge in [-0.05, 0) is 11.1 Å². The summed E-state index contributed by atoms with van der Waals surface area (Å²) in [4.78, 5) is 21.6. The molecule has 2 fully saturated rings. The molecule has 0 amide bonds. The number of hydrogen-bond acceptors (Lipinski definition) is 6. The van der Waals surface area contributed by atoms with Crippen LogP contribution in [0.25, 0.3) is 0 Å². The van der Waals surface area contributed by atoms with Crippen molar-refractivity contribution in [1.82, 2.24) is 0 Å². The molecule has 0 aliphatic carbocycles. The van der Waals surface area contributed by atoms with Gasteiger partial charge >= 0.3 is 0 Å². The summed E-state index contributed by atoms with van der Waals surface area (Å²) in [5, 5.41) is 44.4. The van der Waals surface area contributed by atoms with Crippen LogP contribution in [-0.4, -0.2) is 59.5 Å². The highest BCUT2D eigenvalue weighted by Crippen LogP contribution is 2.24. The lowest BCUT2D eigenvalue weighted by molar-refractivity contribution is -0.668. The molecule has 2 aromatic rings. The van der Waals surface area contributed by atoms with Crippen molar-refractivity contribution in [2.45, 2.75) is 36.1 Å². The molecule has 2 heterocycles. The second-order valence-electron chi connectivity index (χ2n) is 7.64. The zero-order chi connectivity index (χ0) is 21.7. The maximum absolute atomic E-state index is 10.9. The molecule has 6 atom stereocenters. The van der Waals surface area contributed by atoms with Gasteiger partial charge in [0.2, 0.25) is 0 Å². The molecule has 2 aliphatic heterocycles. The molecule has 0 radical (unpaired) electrons. The van der Waals surface area contributed by atoms with E-state index in [0.717, 1.165) is 11.1 Å². The summed E-state index contributed by atoms with van der Waals surface area (Å²) < 4.78 is 0. The van der Waals surface area contributed by atoms with Crippen molar-refractivity contribution in [1.29, 1.82) is 0 Å². The van der Waals surface area contributed by atoms with Crippen molar-refractivity contribution in [3.8, 4) is 0 Å². The van der Waals surface area contributed by atoms with Crippen molar-refractivity contribution >= 4 is 11.9 Å². The van der Waals surface area contributed by atoms with Gasteiger partial charge in [-0.2, -0.15) is 0 Å². The Labute approximate surface area is 174 Å². The van der Waals surface area contributed by atoms with Crippen LogP contribution in [-0.2, 0) is 9.59 Å². The number of aliphatic carboxylic acids is 2. The van der Waals surface area contributed by atoms with Gasteiger partial charge in [-0.1, -0.05) is 60.7 Å². The smallest absolute Gasteiger partial charge is 0.153 e. The van der Waals surface area contributed by atoms with E-state index in [9.17, 15) is 30.0 Å². The van der Waals surface area contributed by atoms with Gasteiger partial charge in [-0.15, -0.1) is 0 Å². The molecule has 0 saturated carbocycles. The first kappa shape index (κ1) is 21.9. The number of carbonyl (C=O) groups excluding carboxylic acids is 2. The Morgan fingerprint density at radius 2 is 1.27 bits per heavy atom. The van der Waals surface area contributed by atoms with Gasteiger partial charge < -0.3 is 40.6 Å². The van der Waals surface area contributed by atoms with Crippen molar-refractivity contribution in [3.05, 3.63) is 71.8 Å². The fourth-order valence-corrected chi connectivity index (χ4v) is 4.26. The maximum Gasteiger partial charge on any atom is 0.153 e. The highest BCUT2D eigenvalue weighted by atomic mass is 16.4. The fourth-order valence-electron chi connectivity index (χ4n) is 4.26. The van der Waals surface area contributed by atoms with Crippen molar-refractivity contribution in [3.63, 3.8) is 0 Å². The minimum atomic E-state index is -1.19. The number of rotatable bonds is 4. The molecule has 8 nitrogen and oxygen atoms in total. The van der Waals surface area contributed by atoms with Gasteiger partial charge in [0.25, 0.3) is 0 Å². The monoisotopic (exact) mass is 414 g/mol. The van der Waals surface area contributed by atoms with E-state index in [1.165, 1.54) is 0 Å². The van der Waals surface area contributed by atoms with Crippen LogP contribution in [0.15, 0.2) is 60.7 Å². The predicted molar refractivity (Wildman–Crippen MR) is 102 cm³/mol. The molecule has 2 saturated heterocycles. The molecule has 4 rings (SSSR count). The van der Waals surface area contributed by atoms with Crippen molar-refractivity contribution < 1.29 is 40.6 Å². The molecular formula is C22H26N2O6. The second kappa shape index (κ2) is 9.82. The van der Waals surface area contributed by atoms with Gasteiger partial charge in [0.05, 0.1) is 24.3 Å². The topological polar surface area (TPSA) is 154 Å². The number of quaternary nitrogens is 2. The summed E-state index contributed by atoms with van der Waals surface area (Å²) in [6, 6.07) is 17.2. The molecule has 0 unspecified atom stereocenters. The number of carboxylic acid groups (broad SMARTS) is 2. The third kappa shape index (κ3) is 4.85. The van der Waals surface area contributed by atoms with Gasteiger partial charge in [0.15, 0.2) is 6.04 Å². The number of carbonyl (C=O) groups is 2. The van der Waals surface area contributed by atoms with E-state index < -0.39 is 36.2 Å². The first-order chi connectivity index (χ1) is 14.4. The summed E-state index contributed by atoms with van der Waals surface area (Å²) >= 11 is 0. The summed E-state index contributed by atoms with van der Waals surface area (Å²) in [5.74, 6) is -2.79. The number of nitrogens with two attached hydrogens (primary N) is 2. The quantitative estimate of drug-likeness (QED) is 0.397. The highest BCUT2D eigenvalue weighted by Gasteiger charge is 2.41. The van der Waals surface area contributed by atoms with Crippen LogP contribution in [0.3, 0.4) is 0 Å². The Balaban J connectivity index is 0.000000171. The van der Waals surface area contributed by atoms with Crippen LogP contribution in [0.2, 0.25) is 0 Å². The summed E-state index contributed by atoms with van der Waals surface area (Å²) in [6.07, 6.45) is -1.48. The average molecular weight is 414 g/mol. The SMILES string of the molecule is O=C([O-])[C@H]1[NH2+]C[C@@H](c2ccccc2)[C@@H]1O.O=C([O-])[C@H]1[NH2+]C[C@H](O)[C@H]1c1ccccc1. The number of benzene rings is 2. The summed E-state index contributed by atoms with van der Waals surface area (Å²) in [7, 11) is 0. The summed E-state index contributed by atoms with van der Waals surface area (Å²) in [6.45, 7) is 1.00. The minimum Gasteiger partial charge on any atom is -0.544 e. The molecule has 30 heavy (non-hydrogen) atoms. The standard InChI is InChI=1S/2C11H13NO3/c13-8-6-12-10(11(14)15)9(8)7-4-2-1-3-5-7;13-10-8(6-12-9(10)11(14)15)7-4-2-1-3-5-7/h2*1-5,8-10,12-13H,6H2,(H,14,15)/t8-,9+,10-;8-,9-,10-/m00/s1. The molecule has 2 aliphatic rings. The number of aliphatic hydroxyl groups is 2. The molecular weight excluding hydrogens is 388 g/mol. The Morgan fingerprint density at radius 1 is 0.767 bits per heavy atom. The van der Waals surface area contributed by atoms with Crippen molar-refractivity contribution in [2.24, 2.45) is 0 Å².